The molecule has 0 aliphatic heterocycles. The summed E-state index contributed by atoms with van der Waals surface area (Å²) in [7, 11) is 0. The summed E-state index contributed by atoms with van der Waals surface area (Å²) in [6.07, 6.45) is 2.60. The number of aromatic nitrogens is 2. The van der Waals surface area contributed by atoms with E-state index in [0.717, 1.165) is 23.2 Å². The van der Waals surface area contributed by atoms with E-state index in [1.807, 2.05) is 37.4 Å². The molecular formula is C11H10N2O. The first-order valence-electron chi connectivity index (χ1n) is 4.38. The lowest BCUT2D eigenvalue weighted by Gasteiger charge is -2.02. The standard InChI is InChI=1S/C11H10N2O/c1-8-4-5-9(11(7-14)13-8)10-3-2-6-12-10/h2-7,12H,1H3. The number of rotatable bonds is 2. The minimum atomic E-state index is 0.479. The molecule has 3 heteroatoms. The summed E-state index contributed by atoms with van der Waals surface area (Å²) in [6, 6.07) is 7.60. The molecule has 3 nitrogen and oxygen atoms in total. The average Bonchev–Trinajstić information content (AvgIpc) is 2.70. The van der Waals surface area contributed by atoms with Crippen LogP contribution in [0.1, 0.15) is 16.2 Å². The van der Waals surface area contributed by atoms with E-state index in [9.17, 15) is 4.79 Å². The molecule has 0 aromatic carbocycles. The number of aryl methyl sites for hydroxylation is 1. The third kappa shape index (κ3) is 1.44. The Balaban J connectivity index is 2.58. The Bertz CT molecular complexity index is 446. The highest BCUT2D eigenvalue weighted by Gasteiger charge is 2.05. The van der Waals surface area contributed by atoms with Crippen LogP contribution in [-0.4, -0.2) is 16.3 Å². The number of hydrogen-bond donors (Lipinski definition) is 1. The van der Waals surface area contributed by atoms with Crippen LogP contribution >= 0.6 is 0 Å². The molecule has 1 N–H and O–H groups in total. The van der Waals surface area contributed by atoms with E-state index in [1.54, 1.807) is 0 Å². The van der Waals surface area contributed by atoms with Gasteiger partial charge in [-0.15, -0.1) is 0 Å². The van der Waals surface area contributed by atoms with Gasteiger partial charge in [-0.3, -0.25) is 4.79 Å². The van der Waals surface area contributed by atoms with Crippen LogP contribution in [0.2, 0.25) is 0 Å². The molecular weight excluding hydrogens is 176 g/mol. The van der Waals surface area contributed by atoms with Crippen LogP contribution < -0.4 is 0 Å². The molecule has 0 amide bonds. The summed E-state index contributed by atoms with van der Waals surface area (Å²) in [6.45, 7) is 1.87. The van der Waals surface area contributed by atoms with Crippen molar-refractivity contribution in [3.05, 3.63) is 41.9 Å². The van der Waals surface area contributed by atoms with Crippen molar-refractivity contribution in [3.63, 3.8) is 0 Å². The van der Waals surface area contributed by atoms with Crippen LogP contribution in [0.3, 0.4) is 0 Å². The second kappa shape index (κ2) is 3.46. The van der Waals surface area contributed by atoms with Crippen molar-refractivity contribution in [1.82, 2.24) is 9.97 Å². The lowest BCUT2D eigenvalue weighted by Crippen LogP contribution is -1.94. The number of carbonyl (C=O) groups is 1. The van der Waals surface area contributed by atoms with Crippen LogP contribution in [0.15, 0.2) is 30.5 Å². The van der Waals surface area contributed by atoms with Crippen LogP contribution in [-0.2, 0) is 0 Å². The van der Waals surface area contributed by atoms with Crippen molar-refractivity contribution >= 4 is 6.29 Å². The molecule has 0 aliphatic carbocycles. The van der Waals surface area contributed by atoms with Gasteiger partial charge in [-0.2, -0.15) is 0 Å². The van der Waals surface area contributed by atoms with E-state index in [-0.39, 0.29) is 0 Å². The summed E-state index contributed by atoms with van der Waals surface area (Å²) in [5.74, 6) is 0. The molecule has 2 aromatic rings. The minimum absolute atomic E-state index is 0.479. The van der Waals surface area contributed by atoms with Crippen LogP contribution in [0.25, 0.3) is 11.3 Å². The van der Waals surface area contributed by atoms with Crippen molar-refractivity contribution in [3.8, 4) is 11.3 Å². The van der Waals surface area contributed by atoms with Gasteiger partial charge in [0.15, 0.2) is 6.29 Å². The molecule has 2 aromatic heterocycles. The first kappa shape index (κ1) is 8.69. The van der Waals surface area contributed by atoms with E-state index in [4.69, 9.17) is 0 Å². The molecule has 0 bridgehead atoms. The molecule has 14 heavy (non-hydrogen) atoms. The molecule has 0 aliphatic rings. The number of H-pyrrole nitrogens is 1. The number of aldehydes is 1. The maximum Gasteiger partial charge on any atom is 0.169 e. The van der Waals surface area contributed by atoms with Gasteiger partial charge >= 0.3 is 0 Å². The van der Waals surface area contributed by atoms with Gasteiger partial charge in [0.25, 0.3) is 0 Å². The van der Waals surface area contributed by atoms with Gasteiger partial charge in [0.1, 0.15) is 5.69 Å². The van der Waals surface area contributed by atoms with Crippen LogP contribution in [0.4, 0.5) is 0 Å². The van der Waals surface area contributed by atoms with Gasteiger partial charge in [0.2, 0.25) is 0 Å². The third-order valence-corrected chi connectivity index (χ3v) is 2.06. The number of pyridine rings is 1. The highest BCUT2D eigenvalue weighted by molar-refractivity contribution is 5.84. The highest BCUT2D eigenvalue weighted by Crippen LogP contribution is 2.19. The second-order valence-electron chi connectivity index (χ2n) is 3.09. The average molecular weight is 186 g/mol. The molecule has 0 spiro atoms. The molecule has 0 saturated carbocycles. The predicted molar refractivity (Wildman–Crippen MR) is 54.1 cm³/mol. The zero-order valence-electron chi connectivity index (χ0n) is 7.82. The maximum absolute atomic E-state index is 10.8. The Kier molecular flexibility index (Phi) is 2.14. The lowest BCUT2D eigenvalue weighted by atomic mass is 10.1. The first-order chi connectivity index (χ1) is 6.81. The first-order valence-corrected chi connectivity index (χ1v) is 4.38. The quantitative estimate of drug-likeness (QED) is 0.731. The molecule has 70 valence electrons. The Labute approximate surface area is 81.8 Å². The number of hydrogen-bond acceptors (Lipinski definition) is 2. The summed E-state index contributed by atoms with van der Waals surface area (Å²) in [4.78, 5) is 18.0. The van der Waals surface area contributed by atoms with Gasteiger partial charge in [-0.25, -0.2) is 4.98 Å². The number of carbonyl (C=O) groups excluding carboxylic acids is 1. The molecule has 0 fully saturated rings. The molecule has 2 heterocycles. The Morgan fingerprint density at radius 2 is 2.21 bits per heavy atom. The number of aromatic amines is 1. The van der Waals surface area contributed by atoms with Gasteiger partial charge in [0, 0.05) is 23.1 Å². The van der Waals surface area contributed by atoms with Gasteiger partial charge < -0.3 is 4.98 Å². The summed E-state index contributed by atoms with van der Waals surface area (Å²) in [5, 5.41) is 0. The Hall–Kier alpha value is -1.90. The highest BCUT2D eigenvalue weighted by atomic mass is 16.1. The van der Waals surface area contributed by atoms with E-state index in [1.165, 1.54) is 0 Å². The molecule has 0 unspecified atom stereocenters. The SMILES string of the molecule is Cc1ccc(-c2ccc[nH]2)c(C=O)n1. The second-order valence-corrected chi connectivity index (χ2v) is 3.09. The monoisotopic (exact) mass is 186 g/mol. The molecule has 0 atom stereocenters. The third-order valence-electron chi connectivity index (χ3n) is 2.06. The van der Waals surface area contributed by atoms with Crippen LogP contribution in [0, 0.1) is 6.92 Å². The number of nitrogens with zero attached hydrogens (tertiary/aromatic N) is 1. The lowest BCUT2D eigenvalue weighted by molar-refractivity contribution is 0.111. The number of nitrogens with one attached hydrogen (secondary N) is 1. The van der Waals surface area contributed by atoms with E-state index in [2.05, 4.69) is 9.97 Å². The molecule has 0 radical (unpaired) electrons. The van der Waals surface area contributed by atoms with Crippen molar-refractivity contribution in [1.29, 1.82) is 0 Å². The Morgan fingerprint density at radius 1 is 1.36 bits per heavy atom. The predicted octanol–water partition coefficient (Wildman–Crippen LogP) is 2.20. The largest absolute Gasteiger partial charge is 0.361 e. The van der Waals surface area contributed by atoms with Gasteiger partial charge in [-0.1, -0.05) is 0 Å². The summed E-state index contributed by atoms with van der Waals surface area (Å²) >= 11 is 0. The van der Waals surface area contributed by atoms with Crippen molar-refractivity contribution in [2.45, 2.75) is 6.92 Å². The fraction of sp³-hybridized carbons (Fsp3) is 0.0909. The van der Waals surface area contributed by atoms with Crippen molar-refractivity contribution in [2.75, 3.05) is 0 Å². The van der Waals surface area contributed by atoms with Gasteiger partial charge in [0.05, 0.1) is 0 Å². The maximum atomic E-state index is 10.8. The van der Waals surface area contributed by atoms with Crippen molar-refractivity contribution in [2.24, 2.45) is 0 Å². The summed E-state index contributed by atoms with van der Waals surface area (Å²) in [5.41, 5.74) is 3.09. The topological polar surface area (TPSA) is 45.8 Å². The van der Waals surface area contributed by atoms with Crippen LogP contribution in [0.5, 0.6) is 0 Å². The summed E-state index contributed by atoms with van der Waals surface area (Å²) < 4.78 is 0. The normalized spacial score (nSPS) is 10.1. The minimum Gasteiger partial charge on any atom is -0.361 e. The van der Waals surface area contributed by atoms with Gasteiger partial charge in [-0.05, 0) is 31.2 Å². The van der Waals surface area contributed by atoms with Crippen molar-refractivity contribution < 1.29 is 4.79 Å². The zero-order chi connectivity index (χ0) is 9.97. The van der Waals surface area contributed by atoms with E-state index >= 15 is 0 Å². The van der Waals surface area contributed by atoms with E-state index in [0.29, 0.717) is 5.69 Å². The fourth-order valence-corrected chi connectivity index (χ4v) is 1.39. The molecule has 0 saturated heterocycles. The van der Waals surface area contributed by atoms with E-state index < -0.39 is 0 Å². The fourth-order valence-electron chi connectivity index (χ4n) is 1.39. The zero-order valence-corrected chi connectivity index (χ0v) is 7.82. The molecule has 2 rings (SSSR count). The smallest absolute Gasteiger partial charge is 0.169 e. The Morgan fingerprint density at radius 3 is 2.86 bits per heavy atom.